The maximum atomic E-state index is 12.1. The van der Waals surface area contributed by atoms with E-state index in [-0.39, 0.29) is 17.5 Å². The molecule has 1 heterocycles. The number of likely N-dealkylation sites (N-methyl/N-ethyl adjacent to an activating group) is 1. The molecule has 1 aliphatic rings. The Morgan fingerprint density at radius 2 is 2.10 bits per heavy atom. The third kappa shape index (κ3) is 5.77. The summed E-state index contributed by atoms with van der Waals surface area (Å²) < 4.78 is 0. The summed E-state index contributed by atoms with van der Waals surface area (Å²) in [7, 11) is 4.25. The van der Waals surface area contributed by atoms with Crippen LogP contribution in [-0.2, 0) is 4.79 Å². The van der Waals surface area contributed by atoms with Crippen molar-refractivity contribution in [1.29, 1.82) is 0 Å². The van der Waals surface area contributed by atoms with Crippen LogP contribution in [0.25, 0.3) is 0 Å². The fraction of sp³-hybridized carbons (Fsp3) is 0.933. The number of amides is 1. The summed E-state index contributed by atoms with van der Waals surface area (Å²) in [6.45, 7) is 8.62. The molecule has 0 aromatic carbocycles. The van der Waals surface area contributed by atoms with Gasteiger partial charge in [0.05, 0.1) is 0 Å². The number of piperidine rings is 1. The predicted molar refractivity (Wildman–Crippen MR) is 83.6 cm³/mol. The lowest BCUT2D eigenvalue weighted by Crippen LogP contribution is -2.53. The lowest BCUT2D eigenvalue weighted by Gasteiger charge is -2.40. The van der Waals surface area contributed by atoms with Crippen molar-refractivity contribution in [1.82, 2.24) is 15.1 Å². The van der Waals surface area contributed by atoms with Crippen LogP contribution >= 0.6 is 0 Å². The van der Waals surface area contributed by atoms with Gasteiger partial charge in [-0.3, -0.25) is 9.69 Å². The molecule has 2 atom stereocenters. The smallest absolute Gasteiger partial charge is 0.222 e. The molecule has 1 aliphatic heterocycles. The zero-order valence-corrected chi connectivity index (χ0v) is 13.8. The first-order valence-corrected chi connectivity index (χ1v) is 7.64. The normalized spacial score (nSPS) is 22.9. The molecule has 2 unspecified atom stereocenters. The summed E-state index contributed by atoms with van der Waals surface area (Å²) >= 11 is 0. The Balaban J connectivity index is 2.55. The summed E-state index contributed by atoms with van der Waals surface area (Å²) in [5.41, 5.74) is 5.73. The molecule has 5 heteroatoms. The average Bonchev–Trinajstić information content (AvgIpc) is 2.34. The summed E-state index contributed by atoms with van der Waals surface area (Å²) in [4.78, 5) is 16.7. The summed E-state index contributed by atoms with van der Waals surface area (Å²) in [6, 6.07) is 0.726. The highest BCUT2D eigenvalue weighted by molar-refractivity contribution is 5.77. The van der Waals surface area contributed by atoms with Crippen LogP contribution in [0.3, 0.4) is 0 Å². The van der Waals surface area contributed by atoms with Gasteiger partial charge in [0.25, 0.3) is 0 Å². The van der Waals surface area contributed by atoms with Gasteiger partial charge in [0.1, 0.15) is 0 Å². The second kappa shape index (κ2) is 7.38. The molecule has 0 aliphatic carbocycles. The SMILES string of the molecule is CN(C)C1CCCN(C(CN)CC(=O)NC(C)(C)C)C1. The molecule has 0 aromatic rings. The van der Waals surface area contributed by atoms with Gasteiger partial charge in [-0.15, -0.1) is 0 Å². The van der Waals surface area contributed by atoms with Crippen molar-refractivity contribution in [3.05, 3.63) is 0 Å². The zero-order valence-electron chi connectivity index (χ0n) is 13.8. The first kappa shape index (κ1) is 17.4. The van der Waals surface area contributed by atoms with Gasteiger partial charge in [-0.1, -0.05) is 0 Å². The lowest BCUT2D eigenvalue weighted by atomic mass is 10.0. The Bertz CT molecular complexity index is 311. The fourth-order valence-corrected chi connectivity index (χ4v) is 2.78. The van der Waals surface area contributed by atoms with E-state index in [4.69, 9.17) is 5.73 Å². The van der Waals surface area contributed by atoms with Crippen LogP contribution in [0, 0.1) is 0 Å². The van der Waals surface area contributed by atoms with Gasteiger partial charge in [0, 0.05) is 37.1 Å². The quantitative estimate of drug-likeness (QED) is 0.778. The number of carbonyl (C=O) groups excluding carboxylic acids is 1. The largest absolute Gasteiger partial charge is 0.351 e. The van der Waals surface area contributed by atoms with E-state index < -0.39 is 0 Å². The van der Waals surface area contributed by atoms with Gasteiger partial charge in [-0.2, -0.15) is 0 Å². The second-order valence-electron chi connectivity index (χ2n) is 7.15. The first-order valence-electron chi connectivity index (χ1n) is 7.64. The van der Waals surface area contributed by atoms with E-state index >= 15 is 0 Å². The second-order valence-corrected chi connectivity index (χ2v) is 7.15. The molecule has 1 fully saturated rings. The Morgan fingerprint density at radius 3 is 2.60 bits per heavy atom. The zero-order chi connectivity index (χ0) is 15.3. The highest BCUT2D eigenvalue weighted by Gasteiger charge is 2.28. The minimum atomic E-state index is -0.176. The molecule has 1 amide bonds. The van der Waals surface area contributed by atoms with Gasteiger partial charge in [0.15, 0.2) is 0 Å². The maximum absolute atomic E-state index is 12.1. The Kier molecular flexibility index (Phi) is 6.43. The predicted octanol–water partition coefficient (Wildman–Crippen LogP) is 0.645. The number of nitrogens with zero attached hydrogens (tertiary/aromatic N) is 2. The molecule has 20 heavy (non-hydrogen) atoms. The van der Waals surface area contributed by atoms with E-state index in [0.717, 1.165) is 13.1 Å². The number of rotatable bonds is 5. The number of hydrogen-bond acceptors (Lipinski definition) is 4. The number of nitrogens with one attached hydrogen (secondary N) is 1. The van der Waals surface area contributed by atoms with Crippen LogP contribution in [0.2, 0.25) is 0 Å². The van der Waals surface area contributed by atoms with E-state index in [9.17, 15) is 4.79 Å². The average molecular weight is 284 g/mol. The van der Waals surface area contributed by atoms with Crippen molar-refractivity contribution in [3.63, 3.8) is 0 Å². The monoisotopic (exact) mass is 284 g/mol. The van der Waals surface area contributed by atoms with Crippen molar-refractivity contribution in [2.45, 2.75) is 57.7 Å². The highest BCUT2D eigenvalue weighted by atomic mass is 16.1. The number of carbonyl (C=O) groups is 1. The van der Waals surface area contributed by atoms with Gasteiger partial charge in [-0.25, -0.2) is 0 Å². The molecule has 5 nitrogen and oxygen atoms in total. The lowest BCUT2D eigenvalue weighted by molar-refractivity contribution is -0.123. The van der Waals surface area contributed by atoms with Crippen molar-refractivity contribution < 1.29 is 4.79 Å². The summed E-state index contributed by atoms with van der Waals surface area (Å²) in [5.74, 6) is 0.0972. The standard InChI is InChI=1S/C15H32N4O/c1-15(2,3)17-14(20)9-13(10-16)19-8-6-7-12(11-19)18(4)5/h12-13H,6-11,16H2,1-5H3,(H,17,20). The molecule has 0 radical (unpaired) electrons. The molecular weight excluding hydrogens is 252 g/mol. The molecule has 1 saturated heterocycles. The number of hydrogen-bond donors (Lipinski definition) is 2. The summed E-state index contributed by atoms with van der Waals surface area (Å²) in [6.07, 6.45) is 2.91. The van der Waals surface area contributed by atoms with Gasteiger partial charge in [-0.05, 0) is 54.3 Å². The van der Waals surface area contributed by atoms with Crippen LogP contribution in [0.4, 0.5) is 0 Å². The van der Waals surface area contributed by atoms with Gasteiger partial charge < -0.3 is 16.0 Å². The first-order chi connectivity index (χ1) is 9.23. The molecule has 0 bridgehead atoms. The Labute approximate surface area is 123 Å². The van der Waals surface area contributed by atoms with E-state index in [2.05, 4.69) is 29.2 Å². The maximum Gasteiger partial charge on any atom is 0.222 e. The fourth-order valence-electron chi connectivity index (χ4n) is 2.78. The molecule has 1 rings (SSSR count). The molecular formula is C15H32N4O. The van der Waals surface area contributed by atoms with E-state index in [0.29, 0.717) is 19.0 Å². The van der Waals surface area contributed by atoms with Crippen LogP contribution in [0.15, 0.2) is 0 Å². The van der Waals surface area contributed by atoms with Crippen LogP contribution < -0.4 is 11.1 Å². The molecule has 0 saturated carbocycles. The topological polar surface area (TPSA) is 61.6 Å². The molecule has 0 spiro atoms. The van der Waals surface area contributed by atoms with Crippen molar-refractivity contribution in [3.8, 4) is 0 Å². The Morgan fingerprint density at radius 1 is 1.45 bits per heavy atom. The molecule has 3 N–H and O–H groups in total. The van der Waals surface area contributed by atoms with Crippen LogP contribution in [0.1, 0.15) is 40.0 Å². The van der Waals surface area contributed by atoms with E-state index in [1.807, 2.05) is 20.8 Å². The third-order valence-electron chi connectivity index (χ3n) is 3.88. The minimum Gasteiger partial charge on any atom is -0.351 e. The van der Waals surface area contributed by atoms with Crippen molar-refractivity contribution in [2.75, 3.05) is 33.7 Å². The molecule has 118 valence electrons. The van der Waals surface area contributed by atoms with Gasteiger partial charge in [0.2, 0.25) is 5.91 Å². The van der Waals surface area contributed by atoms with Crippen LogP contribution in [-0.4, -0.2) is 67.1 Å². The van der Waals surface area contributed by atoms with E-state index in [1.165, 1.54) is 12.8 Å². The highest BCUT2D eigenvalue weighted by Crippen LogP contribution is 2.17. The molecule has 0 aromatic heterocycles. The van der Waals surface area contributed by atoms with Gasteiger partial charge >= 0.3 is 0 Å². The Hall–Kier alpha value is -0.650. The minimum absolute atomic E-state index is 0.0972. The van der Waals surface area contributed by atoms with Crippen molar-refractivity contribution >= 4 is 5.91 Å². The summed E-state index contributed by atoms with van der Waals surface area (Å²) in [5, 5.41) is 3.03. The van der Waals surface area contributed by atoms with Crippen LogP contribution in [0.5, 0.6) is 0 Å². The van der Waals surface area contributed by atoms with E-state index in [1.54, 1.807) is 0 Å². The number of likely N-dealkylation sites (tertiary alicyclic amines) is 1. The number of nitrogens with two attached hydrogens (primary N) is 1. The van der Waals surface area contributed by atoms with Crippen molar-refractivity contribution in [2.24, 2.45) is 5.73 Å². The third-order valence-corrected chi connectivity index (χ3v) is 3.88.